The second kappa shape index (κ2) is 27.9. The molecule has 0 bridgehead atoms. The van der Waals surface area contributed by atoms with Gasteiger partial charge in [0.2, 0.25) is 47.6 Å². The van der Waals surface area contributed by atoms with Gasteiger partial charge in [-0.05, 0) is 217 Å². The highest BCUT2D eigenvalue weighted by Gasteiger charge is 2.46. The number of nitrogens with zero attached hydrogens (tertiary/aromatic N) is 16. The van der Waals surface area contributed by atoms with Crippen molar-refractivity contribution in [2.45, 2.75) is 325 Å². The lowest BCUT2D eigenvalue weighted by atomic mass is 9.79. The van der Waals surface area contributed by atoms with Gasteiger partial charge in [0.25, 0.3) is 0 Å². The Morgan fingerprint density at radius 1 is 0.319 bits per heavy atom. The van der Waals surface area contributed by atoms with Gasteiger partial charge in [-0.3, -0.25) is 0 Å². The molecule has 8 heterocycles. The molecule has 8 rings (SSSR count). The second-order valence-corrected chi connectivity index (χ2v) is 33.9. The van der Waals surface area contributed by atoms with E-state index in [1.165, 1.54) is 0 Å². The van der Waals surface area contributed by atoms with Crippen LogP contribution in [0.1, 0.15) is 238 Å². The summed E-state index contributed by atoms with van der Waals surface area (Å²) in [5.74, 6) is 5.21. The molecular formula is C68H135N23. The monoisotopic (exact) mass is 1270 g/mol. The van der Waals surface area contributed by atoms with Crippen molar-refractivity contribution in [1.82, 2.24) is 76.8 Å². The van der Waals surface area contributed by atoms with Crippen LogP contribution in [0.25, 0.3) is 0 Å². The minimum atomic E-state index is -0.118. The van der Waals surface area contributed by atoms with Crippen LogP contribution in [0.15, 0.2) is 0 Å². The van der Waals surface area contributed by atoms with Crippen LogP contribution in [-0.2, 0) is 0 Å². The number of hydrogen-bond acceptors (Lipinski definition) is 23. The van der Waals surface area contributed by atoms with Crippen LogP contribution in [-0.4, -0.2) is 193 Å². The predicted molar refractivity (Wildman–Crippen MR) is 387 cm³/mol. The van der Waals surface area contributed by atoms with Gasteiger partial charge >= 0.3 is 0 Å². The zero-order chi connectivity index (χ0) is 64.6. The van der Waals surface area contributed by atoms with E-state index >= 15 is 0 Å². The molecule has 0 unspecified atom stereocenters. The summed E-state index contributed by atoms with van der Waals surface area (Å²) < 4.78 is 0. The van der Waals surface area contributed by atoms with Crippen molar-refractivity contribution in [2.24, 2.45) is 0 Å². The lowest BCUT2D eigenvalue weighted by Gasteiger charge is -2.49. The molecule has 5 fully saturated rings. The number of piperidine rings is 5. The largest absolute Gasteiger partial charge is 0.341 e. The number of hydrogen-bond donors (Lipinski definition) is 7. The number of nitrogens with one attached hydrogen (secondary N) is 7. The van der Waals surface area contributed by atoms with Crippen LogP contribution in [0.5, 0.6) is 0 Å². The van der Waals surface area contributed by atoms with Crippen molar-refractivity contribution in [3.8, 4) is 0 Å². The van der Waals surface area contributed by atoms with Crippen LogP contribution in [0.3, 0.4) is 0 Å². The zero-order valence-electron chi connectivity index (χ0n) is 59.2. The van der Waals surface area contributed by atoms with Crippen molar-refractivity contribution >= 4 is 47.6 Å². The summed E-state index contributed by atoms with van der Waals surface area (Å²) in [4.78, 5) is 63.9. The Morgan fingerprint density at radius 3 is 0.758 bits per heavy atom. The minimum Gasteiger partial charge on any atom is -0.341 e. The summed E-state index contributed by atoms with van der Waals surface area (Å²) >= 11 is 0. The molecule has 0 radical (unpaired) electrons. The topological polar surface area (TPSA) is 223 Å². The van der Waals surface area contributed by atoms with Crippen molar-refractivity contribution in [3.05, 3.63) is 5.82 Å². The summed E-state index contributed by atoms with van der Waals surface area (Å²) in [6, 6.07) is 0.787. The fourth-order valence-electron chi connectivity index (χ4n) is 16.8. The van der Waals surface area contributed by atoms with Gasteiger partial charge in [-0.2, -0.15) is 44.9 Å². The highest BCUT2D eigenvalue weighted by atomic mass is 15.5. The summed E-state index contributed by atoms with van der Waals surface area (Å²) in [6.07, 6.45) is 9.19. The van der Waals surface area contributed by atoms with Crippen LogP contribution in [0.2, 0.25) is 0 Å². The standard InChI is InChI=1S/C64H119N23.4CH4/c1-41-67-47(69-48(68-41)81(23)42-28-55(2,3)76-56(4,5)29-42)66-39-87(54-74-51(84(26)45-34-61(14,15)79-62(16,17)35-45)71-52(75-54)85(27)46-36-63(18,19)80-64(20,21)37-46)40-86(38-65-22)53-72-49(82(24)43-30-57(6,7)77-58(8,9)31-43)70-50(73-53)83(25)44-32-59(10,11)78-60(12,13)33-44;;;;/h42-46,65,76-80H,28-40H2,1-27H3,(H,66,67,68,69);4*1H4. The molecule has 0 aromatic carbocycles. The smallest absolute Gasteiger partial charge is 0.234 e. The SMILES string of the molecule is C.C.C.C.CNCN(CN(CNc1nc(C)nc(N(C)C2CC(C)(C)NC(C)(C)C2)n1)c1nc(N(C)C2CC(C)(C)NC(C)(C)C2)nc(N(C)C2CC(C)(C)NC(C)(C)C2)n1)c1nc(N(C)C2CC(C)(C)NC(C)(C)C2)nc(N(C)C2CC(C)(C)NC(C)(C)C2)n1. The molecule has 5 aliphatic rings. The molecule has 0 spiro atoms. The molecule has 23 heteroatoms. The molecular weight excluding hydrogens is 1140 g/mol. The lowest BCUT2D eigenvalue weighted by Crippen LogP contribution is -2.62. The van der Waals surface area contributed by atoms with Gasteiger partial charge < -0.3 is 71.5 Å². The third-order valence-corrected chi connectivity index (χ3v) is 18.8. The first-order valence-electron chi connectivity index (χ1n) is 32.5. The number of anilines is 8. The van der Waals surface area contributed by atoms with Gasteiger partial charge in [0, 0.05) is 121 Å². The molecule has 0 saturated carbocycles. The molecule has 0 aliphatic carbocycles. The van der Waals surface area contributed by atoms with E-state index in [2.05, 4.69) is 245 Å². The molecule has 5 aliphatic heterocycles. The highest BCUT2D eigenvalue weighted by Crippen LogP contribution is 2.39. The first-order chi connectivity index (χ1) is 39.7. The molecule has 3 aromatic rings. The fraction of sp³-hybridized carbons (Fsp3) is 0.868. The maximum absolute atomic E-state index is 5.56. The van der Waals surface area contributed by atoms with E-state index in [4.69, 9.17) is 44.9 Å². The van der Waals surface area contributed by atoms with Gasteiger partial charge in [0.1, 0.15) is 5.82 Å². The van der Waals surface area contributed by atoms with E-state index < -0.39 is 0 Å². The van der Waals surface area contributed by atoms with Gasteiger partial charge in [-0.25, -0.2) is 0 Å². The summed E-state index contributed by atoms with van der Waals surface area (Å²) in [6.45, 7) is 48.7. The van der Waals surface area contributed by atoms with Crippen LogP contribution in [0, 0.1) is 6.92 Å². The Bertz CT molecular complexity index is 2660. The van der Waals surface area contributed by atoms with E-state index in [0.717, 1.165) is 64.2 Å². The molecule has 0 amide bonds. The van der Waals surface area contributed by atoms with Crippen LogP contribution >= 0.6 is 0 Å². The Labute approximate surface area is 554 Å². The van der Waals surface area contributed by atoms with Crippen molar-refractivity contribution < 1.29 is 0 Å². The molecule has 91 heavy (non-hydrogen) atoms. The summed E-state index contributed by atoms with van der Waals surface area (Å²) in [5, 5.41) is 26.7. The van der Waals surface area contributed by atoms with Crippen molar-refractivity contribution in [3.63, 3.8) is 0 Å². The van der Waals surface area contributed by atoms with Crippen molar-refractivity contribution in [2.75, 3.05) is 102 Å². The molecule has 3 aromatic heterocycles. The predicted octanol–water partition coefficient (Wildman–Crippen LogP) is 10.3. The highest BCUT2D eigenvalue weighted by molar-refractivity contribution is 5.52. The van der Waals surface area contributed by atoms with Gasteiger partial charge in [-0.15, -0.1) is 0 Å². The maximum atomic E-state index is 5.56. The van der Waals surface area contributed by atoms with E-state index in [1.54, 1.807) is 0 Å². The summed E-state index contributed by atoms with van der Waals surface area (Å²) in [5.41, 5.74) is -1.02. The Morgan fingerprint density at radius 2 is 0.527 bits per heavy atom. The Balaban J connectivity index is 0.00000442. The maximum Gasteiger partial charge on any atom is 0.234 e. The van der Waals surface area contributed by atoms with Gasteiger partial charge in [0.15, 0.2) is 0 Å². The average Bonchev–Trinajstić information content (AvgIpc) is 0.798. The zero-order valence-corrected chi connectivity index (χ0v) is 59.2. The quantitative estimate of drug-likeness (QED) is 0.0555. The first-order valence-corrected chi connectivity index (χ1v) is 32.5. The van der Waals surface area contributed by atoms with E-state index in [-0.39, 0.29) is 129 Å². The molecule has 0 atom stereocenters. The van der Waals surface area contributed by atoms with Gasteiger partial charge in [-0.1, -0.05) is 29.7 Å². The Hall–Kier alpha value is -4.81. The summed E-state index contributed by atoms with van der Waals surface area (Å²) in [7, 11) is 12.7. The Kier molecular flexibility index (Phi) is 24.1. The number of rotatable bonds is 19. The molecule has 522 valence electrons. The molecule has 5 saturated heterocycles. The van der Waals surface area contributed by atoms with E-state index in [0.29, 0.717) is 60.1 Å². The number of aryl methyl sites for hydroxylation is 1. The van der Waals surface area contributed by atoms with E-state index in [1.807, 2.05) is 14.0 Å². The molecule has 23 nitrogen and oxygen atoms in total. The van der Waals surface area contributed by atoms with Crippen molar-refractivity contribution in [1.29, 1.82) is 0 Å². The normalized spacial score (nSPS) is 22.9. The minimum absolute atomic E-state index is 0. The first kappa shape index (κ1) is 78.6. The van der Waals surface area contributed by atoms with Crippen LogP contribution in [0.4, 0.5) is 47.6 Å². The molecule has 7 N–H and O–H groups in total. The lowest BCUT2D eigenvalue weighted by molar-refractivity contribution is 0.159. The fourth-order valence-corrected chi connectivity index (χ4v) is 16.8. The third-order valence-electron chi connectivity index (χ3n) is 18.8. The van der Waals surface area contributed by atoms with Gasteiger partial charge in [0.05, 0.1) is 20.0 Å². The number of aromatic nitrogens is 9. The average molecular weight is 1270 g/mol. The second-order valence-electron chi connectivity index (χ2n) is 33.9. The third kappa shape index (κ3) is 20.1. The van der Waals surface area contributed by atoms with E-state index in [9.17, 15) is 0 Å². The van der Waals surface area contributed by atoms with Crippen LogP contribution < -0.4 is 71.5 Å².